The molecule has 0 aliphatic heterocycles. The molecular weight excluding hydrogens is 301 g/mol. The third-order valence-corrected chi connectivity index (χ3v) is 4.14. The lowest BCUT2D eigenvalue weighted by Crippen LogP contribution is -2.05. The Kier molecular flexibility index (Phi) is 5.39. The standard InChI is InChI=1S/C13H15ClFN3OS/c1-2-6-18-12(7-19)16-17-13(18)20-8-9-10(14)4-3-5-11(9)15/h3-5,19H,2,6-8H2,1H3. The van der Waals surface area contributed by atoms with Gasteiger partial charge in [-0.1, -0.05) is 36.4 Å². The quantitative estimate of drug-likeness (QED) is 0.831. The lowest BCUT2D eigenvalue weighted by atomic mass is 10.2. The van der Waals surface area contributed by atoms with E-state index in [1.54, 1.807) is 12.1 Å². The Hall–Kier alpha value is -1.11. The van der Waals surface area contributed by atoms with Crippen LogP contribution in [0.3, 0.4) is 0 Å². The van der Waals surface area contributed by atoms with Crippen LogP contribution in [0.4, 0.5) is 4.39 Å². The third-order valence-electron chi connectivity index (χ3n) is 2.79. The molecule has 4 nitrogen and oxygen atoms in total. The van der Waals surface area contributed by atoms with Crippen molar-refractivity contribution in [2.75, 3.05) is 0 Å². The summed E-state index contributed by atoms with van der Waals surface area (Å²) in [6, 6.07) is 4.63. The fraction of sp³-hybridized carbons (Fsp3) is 0.385. The highest BCUT2D eigenvalue weighted by atomic mass is 35.5. The molecule has 0 unspecified atom stereocenters. The molecule has 7 heteroatoms. The zero-order valence-electron chi connectivity index (χ0n) is 11.0. The van der Waals surface area contributed by atoms with Gasteiger partial charge in [-0.05, 0) is 18.6 Å². The Labute approximate surface area is 126 Å². The molecule has 1 aromatic carbocycles. The Morgan fingerprint density at radius 1 is 1.40 bits per heavy atom. The molecule has 1 aromatic heterocycles. The molecule has 0 aliphatic carbocycles. The van der Waals surface area contributed by atoms with E-state index in [-0.39, 0.29) is 12.4 Å². The largest absolute Gasteiger partial charge is 0.388 e. The molecule has 0 saturated carbocycles. The molecule has 0 bridgehead atoms. The molecule has 0 fully saturated rings. The maximum absolute atomic E-state index is 13.7. The van der Waals surface area contributed by atoms with Crippen LogP contribution in [0, 0.1) is 5.82 Å². The third kappa shape index (κ3) is 3.31. The van der Waals surface area contributed by atoms with Crippen molar-refractivity contribution >= 4 is 23.4 Å². The van der Waals surface area contributed by atoms with Crippen molar-refractivity contribution in [3.8, 4) is 0 Å². The Bertz CT molecular complexity index is 571. The summed E-state index contributed by atoms with van der Waals surface area (Å²) in [7, 11) is 0. The summed E-state index contributed by atoms with van der Waals surface area (Å²) in [5, 5.41) is 18.2. The summed E-state index contributed by atoms with van der Waals surface area (Å²) < 4.78 is 15.5. The van der Waals surface area contributed by atoms with E-state index in [0.29, 0.717) is 27.3 Å². The number of benzene rings is 1. The van der Waals surface area contributed by atoms with Crippen LogP contribution in [0.5, 0.6) is 0 Å². The first-order valence-electron chi connectivity index (χ1n) is 6.26. The van der Waals surface area contributed by atoms with Crippen LogP contribution in [0.1, 0.15) is 24.7 Å². The molecule has 108 valence electrons. The fourth-order valence-corrected chi connectivity index (χ4v) is 3.12. The Balaban J connectivity index is 2.17. The Morgan fingerprint density at radius 3 is 2.85 bits per heavy atom. The fourth-order valence-electron chi connectivity index (χ4n) is 1.80. The van der Waals surface area contributed by atoms with Crippen molar-refractivity contribution in [1.29, 1.82) is 0 Å². The van der Waals surface area contributed by atoms with Gasteiger partial charge in [-0.25, -0.2) is 4.39 Å². The molecule has 1 heterocycles. The molecule has 0 spiro atoms. The van der Waals surface area contributed by atoms with Crippen molar-refractivity contribution in [2.45, 2.75) is 37.4 Å². The van der Waals surface area contributed by atoms with Crippen molar-refractivity contribution in [3.05, 3.63) is 40.4 Å². The van der Waals surface area contributed by atoms with Gasteiger partial charge in [0.25, 0.3) is 0 Å². The van der Waals surface area contributed by atoms with Crippen molar-refractivity contribution in [3.63, 3.8) is 0 Å². The number of aromatic nitrogens is 3. The first kappa shape index (κ1) is 15.3. The minimum Gasteiger partial charge on any atom is -0.388 e. The number of nitrogens with zero attached hydrogens (tertiary/aromatic N) is 3. The average Bonchev–Trinajstić information content (AvgIpc) is 2.81. The number of aliphatic hydroxyl groups excluding tert-OH is 1. The van der Waals surface area contributed by atoms with Crippen LogP contribution in [-0.2, 0) is 18.9 Å². The van der Waals surface area contributed by atoms with E-state index in [0.717, 1.165) is 13.0 Å². The number of hydrogen-bond acceptors (Lipinski definition) is 4. The molecule has 20 heavy (non-hydrogen) atoms. The topological polar surface area (TPSA) is 50.9 Å². The van der Waals surface area contributed by atoms with Gasteiger partial charge in [0.15, 0.2) is 11.0 Å². The average molecular weight is 316 g/mol. The highest BCUT2D eigenvalue weighted by molar-refractivity contribution is 7.98. The van der Waals surface area contributed by atoms with Gasteiger partial charge in [-0.3, -0.25) is 0 Å². The van der Waals surface area contributed by atoms with Crippen LogP contribution < -0.4 is 0 Å². The number of aliphatic hydroxyl groups is 1. The number of halogens is 2. The van der Waals surface area contributed by atoms with E-state index in [1.807, 2.05) is 11.5 Å². The SMILES string of the molecule is CCCn1c(CO)nnc1SCc1c(F)cccc1Cl. The van der Waals surface area contributed by atoms with Gasteiger partial charge in [0, 0.05) is 22.9 Å². The molecule has 0 saturated heterocycles. The first-order chi connectivity index (χ1) is 9.67. The summed E-state index contributed by atoms with van der Waals surface area (Å²) in [4.78, 5) is 0. The van der Waals surface area contributed by atoms with Crippen LogP contribution in [0.15, 0.2) is 23.4 Å². The molecule has 1 N–H and O–H groups in total. The molecular formula is C13H15ClFN3OS. The van der Waals surface area contributed by atoms with Gasteiger partial charge in [0.1, 0.15) is 12.4 Å². The molecule has 0 aliphatic rings. The molecule has 0 amide bonds. The summed E-state index contributed by atoms with van der Waals surface area (Å²) in [6.07, 6.45) is 0.902. The Morgan fingerprint density at radius 2 is 2.20 bits per heavy atom. The molecule has 2 aromatic rings. The van der Waals surface area contributed by atoms with Crippen LogP contribution >= 0.6 is 23.4 Å². The summed E-state index contributed by atoms with van der Waals surface area (Å²) in [6.45, 7) is 2.59. The second-order valence-electron chi connectivity index (χ2n) is 4.20. The van der Waals surface area contributed by atoms with Crippen LogP contribution in [-0.4, -0.2) is 19.9 Å². The zero-order chi connectivity index (χ0) is 14.5. The van der Waals surface area contributed by atoms with Crippen LogP contribution in [0.2, 0.25) is 5.02 Å². The number of thioether (sulfide) groups is 1. The van der Waals surface area contributed by atoms with Crippen molar-refractivity contribution < 1.29 is 9.50 Å². The second kappa shape index (κ2) is 7.06. The second-order valence-corrected chi connectivity index (χ2v) is 5.55. The highest BCUT2D eigenvalue weighted by Gasteiger charge is 2.13. The van der Waals surface area contributed by atoms with E-state index in [1.165, 1.54) is 17.8 Å². The maximum atomic E-state index is 13.7. The van der Waals surface area contributed by atoms with Crippen molar-refractivity contribution in [1.82, 2.24) is 14.8 Å². The lowest BCUT2D eigenvalue weighted by Gasteiger charge is -2.08. The van der Waals surface area contributed by atoms with Gasteiger partial charge in [-0.15, -0.1) is 10.2 Å². The number of hydrogen-bond donors (Lipinski definition) is 1. The summed E-state index contributed by atoms with van der Waals surface area (Å²) in [5.41, 5.74) is 0.454. The van der Waals surface area contributed by atoms with Gasteiger partial charge < -0.3 is 9.67 Å². The predicted molar refractivity (Wildman–Crippen MR) is 77.2 cm³/mol. The number of rotatable bonds is 6. The lowest BCUT2D eigenvalue weighted by molar-refractivity contribution is 0.263. The van der Waals surface area contributed by atoms with Crippen molar-refractivity contribution in [2.24, 2.45) is 0 Å². The van der Waals surface area contributed by atoms with Gasteiger partial charge >= 0.3 is 0 Å². The van der Waals surface area contributed by atoms with Crippen LogP contribution in [0.25, 0.3) is 0 Å². The van der Waals surface area contributed by atoms with E-state index in [4.69, 9.17) is 11.6 Å². The smallest absolute Gasteiger partial charge is 0.191 e. The molecule has 0 atom stereocenters. The van der Waals surface area contributed by atoms with E-state index < -0.39 is 0 Å². The normalized spacial score (nSPS) is 11.0. The highest BCUT2D eigenvalue weighted by Crippen LogP contribution is 2.28. The summed E-state index contributed by atoms with van der Waals surface area (Å²) >= 11 is 7.35. The monoisotopic (exact) mass is 315 g/mol. The zero-order valence-corrected chi connectivity index (χ0v) is 12.6. The van der Waals surface area contributed by atoms with E-state index in [9.17, 15) is 9.50 Å². The van der Waals surface area contributed by atoms with Gasteiger partial charge in [0.05, 0.1) is 0 Å². The predicted octanol–water partition coefficient (Wildman–Crippen LogP) is 3.27. The summed E-state index contributed by atoms with van der Waals surface area (Å²) in [5.74, 6) is 0.571. The van der Waals surface area contributed by atoms with Gasteiger partial charge in [-0.2, -0.15) is 0 Å². The van der Waals surface area contributed by atoms with E-state index in [2.05, 4.69) is 10.2 Å². The minimum absolute atomic E-state index is 0.159. The maximum Gasteiger partial charge on any atom is 0.191 e. The molecule has 0 radical (unpaired) electrons. The van der Waals surface area contributed by atoms with E-state index >= 15 is 0 Å². The minimum atomic E-state index is -0.325. The van der Waals surface area contributed by atoms with Gasteiger partial charge in [0.2, 0.25) is 0 Å². The first-order valence-corrected chi connectivity index (χ1v) is 7.62. The molecule has 2 rings (SSSR count).